The van der Waals surface area contributed by atoms with Crippen molar-refractivity contribution in [3.8, 4) is 22.6 Å². The molecule has 0 saturated heterocycles. The zero-order chi connectivity index (χ0) is 52.4. The van der Waals surface area contributed by atoms with E-state index in [2.05, 4.69) is 55.5 Å². The predicted molar refractivity (Wildman–Crippen MR) is 274 cm³/mol. The van der Waals surface area contributed by atoms with E-state index in [0.717, 1.165) is 44.8 Å². The lowest BCUT2D eigenvalue weighted by Crippen LogP contribution is -2.21. The SMILES string of the molecule is C/C(=C\c1nnc(/C=C(\C)N=Cc2ccc(C(=O)O)cc2)nn1)N=Cc1ccc(C(=O)[O-])cc1.O=C([O-])c1ccc(C=Nc2ccc(-c3ncc(-c4ccc(N=Cc5ccc(C(=O)O)cc5)cc4)nn3)cc2)cc1. The number of aromatic carboxylic acids is 4. The summed E-state index contributed by atoms with van der Waals surface area (Å²) in [5, 5.41) is 64.1. The van der Waals surface area contributed by atoms with Gasteiger partial charge in [0.15, 0.2) is 17.5 Å². The molecule has 0 radical (unpaired) electrons. The topological polar surface area (TPSA) is 295 Å². The van der Waals surface area contributed by atoms with Gasteiger partial charge < -0.3 is 30.0 Å². The summed E-state index contributed by atoms with van der Waals surface area (Å²) >= 11 is 0. The minimum atomic E-state index is -1.23. The van der Waals surface area contributed by atoms with E-state index in [9.17, 15) is 29.4 Å². The molecule has 0 aliphatic rings. The van der Waals surface area contributed by atoms with Gasteiger partial charge in [0.25, 0.3) is 0 Å². The third-order valence-electron chi connectivity index (χ3n) is 10.2. The Hall–Kier alpha value is -10.7. The fourth-order valence-electron chi connectivity index (χ4n) is 6.25. The van der Waals surface area contributed by atoms with E-state index >= 15 is 0 Å². The molecule has 0 bridgehead atoms. The molecule has 2 aromatic heterocycles. The van der Waals surface area contributed by atoms with Crippen molar-refractivity contribution in [1.82, 2.24) is 35.6 Å². The van der Waals surface area contributed by atoms with Gasteiger partial charge in [0, 0.05) is 59.5 Å². The number of allylic oxidation sites excluding steroid dienone is 2. The van der Waals surface area contributed by atoms with Crippen LogP contribution in [0.1, 0.15) is 89.2 Å². The molecular weight excluding hydrogens is 943 g/mol. The van der Waals surface area contributed by atoms with Crippen molar-refractivity contribution >= 4 is 72.3 Å². The summed E-state index contributed by atoms with van der Waals surface area (Å²) in [5.41, 5.74) is 8.61. The molecule has 19 nitrogen and oxygen atoms in total. The monoisotopic (exact) mass is 981 g/mol. The molecule has 0 aliphatic carbocycles. The molecular formula is C55H39N11O8-2. The van der Waals surface area contributed by atoms with Crippen LogP contribution < -0.4 is 10.2 Å². The van der Waals surface area contributed by atoms with Crippen molar-refractivity contribution in [2.45, 2.75) is 13.8 Å². The first-order chi connectivity index (χ1) is 35.7. The number of benzene rings is 6. The maximum absolute atomic E-state index is 11.0. The molecule has 6 aromatic carbocycles. The molecule has 0 unspecified atom stereocenters. The fourth-order valence-corrected chi connectivity index (χ4v) is 6.25. The van der Waals surface area contributed by atoms with Gasteiger partial charge in [0.1, 0.15) is 5.69 Å². The number of nitrogens with zero attached hydrogens (tertiary/aromatic N) is 11. The molecule has 0 spiro atoms. The molecule has 8 rings (SSSR count). The van der Waals surface area contributed by atoms with Gasteiger partial charge in [-0.2, -0.15) is 0 Å². The first kappa shape index (κ1) is 51.2. The Morgan fingerprint density at radius 2 is 0.784 bits per heavy atom. The molecule has 2 N–H and O–H groups in total. The largest absolute Gasteiger partial charge is 0.545 e. The van der Waals surface area contributed by atoms with Crippen LogP contribution in [0.5, 0.6) is 0 Å². The second-order valence-electron chi connectivity index (χ2n) is 15.7. The maximum Gasteiger partial charge on any atom is 0.335 e. The summed E-state index contributed by atoms with van der Waals surface area (Å²) in [4.78, 5) is 65.3. The highest BCUT2D eigenvalue weighted by Gasteiger charge is 2.07. The molecule has 8 aromatic rings. The molecule has 0 saturated carbocycles. The number of hydrogen-bond donors (Lipinski definition) is 2. The summed E-state index contributed by atoms with van der Waals surface area (Å²) < 4.78 is 0. The first-order valence-electron chi connectivity index (χ1n) is 22.0. The summed E-state index contributed by atoms with van der Waals surface area (Å²) in [6.07, 6.45) is 11.4. The lowest BCUT2D eigenvalue weighted by molar-refractivity contribution is -0.256. The number of rotatable bonds is 16. The van der Waals surface area contributed by atoms with Gasteiger partial charge in [-0.15, -0.1) is 30.6 Å². The highest BCUT2D eigenvalue weighted by molar-refractivity contribution is 5.91. The van der Waals surface area contributed by atoms with Gasteiger partial charge in [0.05, 0.1) is 40.6 Å². The zero-order valence-corrected chi connectivity index (χ0v) is 39.2. The van der Waals surface area contributed by atoms with E-state index in [4.69, 9.17) is 10.2 Å². The molecule has 19 heteroatoms. The van der Waals surface area contributed by atoms with Crippen LogP contribution in [0.15, 0.2) is 183 Å². The Morgan fingerprint density at radius 1 is 0.432 bits per heavy atom. The van der Waals surface area contributed by atoms with Crippen LogP contribution in [-0.2, 0) is 0 Å². The quantitative estimate of drug-likeness (QED) is 0.0916. The number of carbonyl (C=O) groups is 4. The number of carboxylic acid groups (broad SMARTS) is 4. The maximum atomic E-state index is 11.0. The summed E-state index contributed by atoms with van der Waals surface area (Å²) in [6.45, 7) is 3.52. The van der Waals surface area contributed by atoms with Gasteiger partial charge >= 0.3 is 11.9 Å². The molecule has 364 valence electrons. The van der Waals surface area contributed by atoms with Gasteiger partial charge in [0.2, 0.25) is 0 Å². The standard InChI is InChI=1S/C31H21N5O4.C24H20N6O4/c37-30(38)24-5-1-20(2-6-24)17-32-26-13-9-22(10-14-26)28-19-34-29(36-35-28)23-11-15-27(16-12-23)33-18-21-3-7-25(8-4-21)31(39)40;1-15(25-13-17-3-7-19(8-4-17)23(31)32)11-21-27-29-22(30-28-21)12-16(2)26-14-18-5-9-20(10-6-18)24(33)34/h1-19H,(H,37,38)(H,39,40);3-14H,1-2H3,(H,31,32)(H,33,34)/p-2/b;15-11+,16-12+,25-13?,26-14?. The van der Waals surface area contributed by atoms with Crippen LogP contribution in [0.4, 0.5) is 11.4 Å². The van der Waals surface area contributed by atoms with Crippen LogP contribution in [-0.4, -0.2) is 94.5 Å². The lowest BCUT2D eigenvalue weighted by atomic mass is 10.1. The molecule has 74 heavy (non-hydrogen) atoms. The smallest absolute Gasteiger partial charge is 0.335 e. The van der Waals surface area contributed by atoms with E-state index in [0.29, 0.717) is 22.9 Å². The van der Waals surface area contributed by atoms with Crippen LogP contribution in [0, 0.1) is 0 Å². The Bertz CT molecular complexity index is 3220. The number of carboxylic acids is 4. The Morgan fingerprint density at radius 3 is 1.12 bits per heavy atom. The van der Waals surface area contributed by atoms with E-state index in [1.165, 1.54) is 48.5 Å². The summed E-state index contributed by atoms with van der Waals surface area (Å²) in [5.74, 6) is -3.36. The zero-order valence-electron chi connectivity index (χ0n) is 39.2. The number of aromatic nitrogens is 7. The van der Waals surface area contributed by atoms with Crippen molar-refractivity contribution in [2.75, 3.05) is 0 Å². The highest BCUT2D eigenvalue weighted by Crippen LogP contribution is 2.23. The minimum absolute atomic E-state index is 0.0967. The van der Waals surface area contributed by atoms with Gasteiger partial charge in [-0.25, -0.2) is 14.6 Å². The number of carbonyl (C=O) groups excluding carboxylic acids is 2. The van der Waals surface area contributed by atoms with Crippen molar-refractivity contribution in [1.29, 1.82) is 0 Å². The van der Waals surface area contributed by atoms with E-state index in [1.807, 2.05) is 48.5 Å². The first-order valence-corrected chi connectivity index (χ1v) is 22.0. The average Bonchev–Trinajstić information content (AvgIpc) is 3.42. The van der Waals surface area contributed by atoms with Crippen molar-refractivity contribution in [2.24, 2.45) is 20.0 Å². The van der Waals surface area contributed by atoms with Crippen molar-refractivity contribution in [3.05, 3.63) is 219 Å². The van der Waals surface area contributed by atoms with E-state index < -0.39 is 23.9 Å². The van der Waals surface area contributed by atoms with Crippen LogP contribution >= 0.6 is 0 Å². The molecule has 0 amide bonds. The lowest BCUT2D eigenvalue weighted by Gasteiger charge is -2.03. The number of aliphatic imine (C=N–C) groups is 4. The van der Waals surface area contributed by atoms with Gasteiger partial charge in [-0.3, -0.25) is 20.0 Å². The van der Waals surface area contributed by atoms with Gasteiger partial charge in [-0.05, 0) is 108 Å². The summed E-state index contributed by atoms with van der Waals surface area (Å²) in [6, 6.07) is 40.0. The molecule has 0 aliphatic heterocycles. The Labute approximate surface area is 421 Å². The second kappa shape index (κ2) is 24.7. The second-order valence-corrected chi connectivity index (χ2v) is 15.7. The van der Waals surface area contributed by atoms with Crippen molar-refractivity contribution in [3.63, 3.8) is 0 Å². The fraction of sp³-hybridized carbons (Fsp3) is 0.0364. The molecule has 2 heterocycles. The predicted octanol–water partition coefficient (Wildman–Crippen LogP) is 7.06. The molecule has 0 fully saturated rings. The van der Waals surface area contributed by atoms with Crippen LogP contribution in [0.2, 0.25) is 0 Å². The normalized spacial score (nSPS) is 11.8. The molecule has 0 atom stereocenters. The number of hydrogen-bond acceptors (Lipinski definition) is 17. The third-order valence-corrected chi connectivity index (χ3v) is 10.2. The van der Waals surface area contributed by atoms with Gasteiger partial charge in [-0.1, -0.05) is 84.9 Å². The Balaban J connectivity index is 0.000000219. The van der Waals surface area contributed by atoms with E-state index in [-0.39, 0.29) is 33.9 Å². The Kier molecular flexibility index (Phi) is 17.1. The minimum Gasteiger partial charge on any atom is -0.545 e. The van der Waals surface area contributed by atoms with E-state index in [1.54, 1.807) is 106 Å². The third kappa shape index (κ3) is 15.2. The van der Waals surface area contributed by atoms with Crippen LogP contribution in [0.25, 0.3) is 34.8 Å². The average molecular weight is 982 g/mol. The van der Waals surface area contributed by atoms with Crippen LogP contribution in [0.3, 0.4) is 0 Å². The summed E-state index contributed by atoms with van der Waals surface area (Å²) in [7, 11) is 0. The van der Waals surface area contributed by atoms with Crippen molar-refractivity contribution < 1.29 is 39.6 Å². The highest BCUT2D eigenvalue weighted by atomic mass is 16.4.